The van der Waals surface area contributed by atoms with E-state index in [9.17, 15) is 4.79 Å². The van der Waals surface area contributed by atoms with Crippen LogP contribution in [0.15, 0.2) is 54.6 Å². The molecule has 0 saturated heterocycles. The fraction of sp³-hybridized carbons (Fsp3) is 0.158. The Morgan fingerprint density at radius 3 is 2.46 bits per heavy atom. The van der Waals surface area contributed by atoms with Gasteiger partial charge in [0.1, 0.15) is 0 Å². The number of aromatic nitrogens is 2. The summed E-state index contributed by atoms with van der Waals surface area (Å²) in [5, 5.41) is 3.53. The Morgan fingerprint density at radius 1 is 1.12 bits per heavy atom. The van der Waals surface area contributed by atoms with E-state index in [-0.39, 0.29) is 11.8 Å². The number of amides is 1. The topological polar surface area (TPSA) is 57.8 Å². The van der Waals surface area contributed by atoms with Crippen molar-refractivity contribution in [3.05, 3.63) is 70.9 Å². The maximum absolute atomic E-state index is 12.4. The molecule has 24 heavy (non-hydrogen) atoms. The molecule has 0 aliphatic rings. The first-order valence-corrected chi connectivity index (χ1v) is 8.11. The van der Waals surface area contributed by atoms with E-state index in [1.807, 2.05) is 68.4 Å². The molecule has 4 nitrogen and oxygen atoms in total. The van der Waals surface area contributed by atoms with Gasteiger partial charge in [0.25, 0.3) is 0 Å². The van der Waals surface area contributed by atoms with Crippen LogP contribution in [-0.4, -0.2) is 15.9 Å². The van der Waals surface area contributed by atoms with Gasteiger partial charge < -0.3 is 4.98 Å². The number of carbonyl (C=O) groups excluding carboxylic acids is 1. The second-order valence-corrected chi connectivity index (χ2v) is 6.12. The van der Waals surface area contributed by atoms with Gasteiger partial charge in [0.15, 0.2) is 0 Å². The van der Waals surface area contributed by atoms with Gasteiger partial charge in [-0.1, -0.05) is 54.1 Å². The number of benzene rings is 2. The largest absolute Gasteiger partial charge is 0.328 e. The third kappa shape index (κ3) is 3.49. The highest BCUT2D eigenvalue weighted by molar-refractivity contribution is 6.30. The first-order chi connectivity index (χ1) is 11.5. The van der Waals surface area contributed by atoms with E-state index in [0.29, 0.717) is 11.0 Å². The van der Waals surface area contributed by atoms with Crippen molar-refractivity contribution in [1.29, 1.82) is 0 Å². The van der Waals surface area contributed by atoms with Gasteiger partial charge in [-0.05, 0) is 31.5 Å². The minimum atomic E-state index is -0.254. The summed E-state index contributed by atoms with van der Waals surface area (Å²) in [6.07, 6.45) is 0. The lowest BCUT2D eigenvalue weighted by atomic mass is 10.0. The van der Waals surface area contributed by atoms with Crippen molar-refractivity contribution in [1.82, 2.24) is 9.97 Å². The fourth-order valence-electron chi connectivity index (χ4n) is 2.53. The summed E-state index contributed by atoms with van der Waals surface area (Å²) in [6.45, 7) is 3.80. The monoisotopic (exact) mass is 339 g/mol. The lowest BCUT2D eigenvalue weighted by Crippen LogP contribution is -2.19. The number of imidazole rings is 1. The van der Waals surface area contributed by atoms with Crippen LogP contribution in [0.25, 0.3) is 11.3 Å². The molecular weight excluding hydrogens is 322 g/mol. The van der Waals surface area contributed by atoms with Gasteiger partial charge in [-0.15, -0.1) is 0 Å². The smallest absolute Gasteiger partial charge is 0.233 e. The first kappa shape index (κ1) is 16.3. The van der Waals surface area contributed by atoms with Gasteiger partial charge in [0.2, 0.25) is 11.9 Å². The summed E-state index contributed by atoms with van der Waals surface area (Å²) in [5.41, 5.74) is 3.61. The number of anilines is 1. The van der Waals surface area contributed by atoms with Crippen molar-refractivity contribution < 1.29 is 4.79 Å². The maximum atomic E-state index is 12.4. The number of carbonyl (C=O) groups is 1. The van der Waals surface area contributed by atoms with Gasteiger partial charge in [0.05, 0.1) is 11.6 Å². The lowest BCUT2D eigenvalue weighted by molar-refractivity contribution is -0.117. The molecule has 5 heteroatoms. The van der Waals surface area contributed by atoms with Crippen LogP contribution in [0.1, 0.15) is 24.1 Å². The second-order valence-electron chi connectivity index (χ2n) is 5.69. The van der Waals surface area contributed by atoms with Gasteiger partial charge in [-0.25, -0.2) is 4.98 Å². The van der Waals surface area contributed by atoms with Crippen LogP contribution in [0.4, 0.5) is 5.95 Å². The molecule has 0 spiro atoms. The summed E-state index contributed by atoms with van der Waals surface area (Å²) < 4.78 is 0. The fourth-order valence-corrected chi connectivity index (χ4v) is 2.65. The van der Waals surface area contributed by atoms with Crippen molar-refractivity contribution in [3.8, 4) is 11.3 Å². The summed E-state index contributed by atoms with van der Waals surface area (Å²) in [7, 11) is 0. The molecule has 3 aromatic rings. The first-order valence-electron chi connectivity index (χ1n) is 7.73. The molecule has 0 radical (unpaired) electrons. The molecule has 122 valence electrons. The molecule has 0 bridgehead atoms. The van der Waals surface area contributed by atoms with E-state index in [4.69, 9.17) is 11.6 Å². The van der Waals surface area contributed by atoms with E-state index in [2.05, 4.69) is 15.3 Å². The number of nitrogens with one attached hydrogen (secondary N) is 2. The van der Waals surface area contributed by atoms with Gasteiger partial charge in [-0.2, -0.15) is 0 Å². The van der Waals surface area contributed by atoms with Crippen molar-refractivity contribution in [2.45, 2.75) is 19.8 Å². The van der Waals surface area contributed by atoms with Crippen molar-refractivity contribution in [3.63, 3.8) is 0 Å². The standard InChI is InChI=1S/C19H18ClN3O/c1-12(14-6-4-3-5-7-14)18(24)23-19-21-13(2)17(22-19)15-8-10-16(20)11-9-15/h3-12H,1-2H3,(H2,21,22,23,24). The molecule has 1 aromatic heterocycles. The van der Waals surface area contributed by atoms with E-state index >= 15 is 0 Å². The highest BCUT2D eigenvalue weighted by atomic mass is 35.5. The SMILES string of the molecule is Cc1[nH]c(NC(=O)C(C)c2ccccc2)nc1-c1ccc(Cl)cc1. The van der Waals surface area contributed by atoms with Crippen LogP contribution >= 0.6 is 11.6 Å². The molecule has 1 unspecified atom stereocenters. The van der Waals surface area contributed by atoms with Crippen molar-refractivity contribution in [2.75, 3.05) is 5.32 Å². The molecule has 0 aliphatic carbocycles. The van der Waals surface area contributed by atoms with Crippen LogP contribution in [0, 0.1) is 6.92 Å². The normalized spacial score (nSPS) is 12.0. The summed E-state index contributed by atoms with van der Waals surface area (Å²) in [4.78, 5) is 20.0. The van der Waals surface area contributed by atoms with Gasteiger partial charge in [-0.3, -0.25) is 10.1 Å². The van der Waals surface area contributed by atoms with Crippen LogP contribution < -0.4 is 5.32 Å². The molecule has 1 atom stereocenters. The molecular formula is C19H18ClN3O. The Hall–Kier alpha value is -2.59. The molecule has 0 saturated carbocycles. The van der Waals surface area contributed by atoms with Crippen LogP contribution in [-0.2, 0) is 4.79 Å². The summed E-state index contributed by atoms with van der Waals surface area (Å²) in [6, 6.07) is 17.1. The summed E-state index contributed by atoms with van der Waals surface area (Å²) >= 11 is 5.92. The van der Waals surface area contributed by atoms with Gasteiger partial charge >= 0.3 is 0 Å². The maximum Gasteiger partial charge on any atom is 0.233 e. The average molecular weight is 340 g/mol. The number of aromatic amines is 1. The zero-order chi connectivity index (χ0) is 17.1. The molecule has 2 N–H and O–H groups in total. The minimum Gasteiger partial charge on any atom is -0.328 e. The van der Waals surface area contributed by atoms with E-state index in [0.717, 1.165) is 22.5 Å². The lowest BCUT2D eigenvalue weighted by Gasteiger charge is -2.10. The number of nitrogens with zero attached hydrogens (tertiary/aromatic N) is 1. The highest BCUT2D eigenvalue weighted by Crippen LogP contribution is 2.25. The van der Waals surface area contributed by atoms with Crippen molar-refractivity contribution >= 4 is 23.5 Å². The number of H-pyrrole nitrogens is 1. The molecule has 0 aliphatic heterocycles. The Kier molecular flexibility index (Phi) is 4.67. The second kappa shape index (κ2) is 6.89. The van der Waals surface area contributed by atoms with Crippen LogP contribution in [0.3, 0.4) is 0 Å². The Labute approximate surface area is 145 Å². The number of aryl methyl sites for hydroxylation is 1. The minimum absolute atomic E-state index is 0.0994. The molecule has 1 amide bonds. The highest BCUT2D eigenvalue weighted by Gasteiger charge is 2.17. The average Bonchev–Trinajstić information content (AvgIpc) is 2.96. The zero-order valence-electron chi connectivity index (χ0n) is 13.5. The van der Waals surface area contributed by atoms with E-state index in [1.165, 1.54) is 0 Å². The third-order valence-electron chi connectivity index (χ3n) is 3.94. The number of hydrogen-bond acceptors (Lipinski definition) is 2. The molecule has 1 heterocycles. The number of rotatable bonds is 4. The molecule has 0 fully saturated rings. The van der Waals surface area contributed by atoms with Crippen LogP contribution in [0.2, 0.25) is 5.02 Å². The van der Waals surface area contributed by atoms with Crippen LogP contribution in [0.5, 0.6) is 0 Å². The van der Waals surface area contributed by atoms with Gasteiger partial charge in [0, 0.05) is 16.3 Å². The third-order valence-corrected chi connectivity index (χ3v) is 4.19. The quantitative estimate of drug-likeness (QED) is 0.718. The Morgan fingerprint density at radius 2 is 1.79 bits per heavy atom. The van der Waals surface area contributed by atoms with E-state index in [1.54, 1.807) is 0 Å². The summed E-state index contributed by atoms with van der Waals surface area (Å²) in [5.74, 6) is 0.0958. The predicted molar refractivity (Wildman–Crippen MR) is 97.3 cm³/mol. The number of hydrogen-bond donors (Lipinski definition) is 2. The molecule has 3 rings (SSSR count). The Balaban J connectivity index is 1.78. The van der Waals surface area contributed by atoms with Crippen molar-refractivity contribution in [2.24, 2.45) is 0 Å². The number of halogens is 1. The zero-order valence-corrected chi connectivity index (χ0v) is 14.3. The molecule has 2 aromatic carbocycles. The van der Waals surface area contributed by atoms with E-state index < -0.39 is 0 Å². The predicted octanol–water partition coefficient (Wildman–Crippen LogP) is 4.78. The Bertz CT molecular complexity index is 841.